The van der Waals surface area contributed by atoms with Gasteiger partial charge in [-0.1, -0.05) is 43.7 Å². The normalized spacial score (nSPS) is 23.0. The van der Waals surface area contributed by atoms with Crippen LogP contribution in [0.25, 0.3) is 0 Å². The Morgan fingerprint density at radius 3 is 2.57 bits per heavy atom. The van der Waals surface area contributed by atoms with Crippen molar-refractivity contribution in [1.82, 2.24) is 10.2 Å². The molecule has 2 rings (SSSR count). The van der Waals surface area contributed by atoms with Crippen LogP contribution in [0.1, 0.15) is 51.1 Å². The molecule has 0 spiro atoms. The topological polar surface area (TPSA) is 52.6 Å². The fourth-order valence-corrected chi connectivity index (χ4v) is 3.10. The number of rotatable bonds is 6. The summed E-state index contributed by atoms with van der Waals surface area (Å²) in [5.41, 5.74) is 1.19. The van der Waals surface area contributed by atoms with E-state index in [4.69, 9.17) is 0 Å². The lowest BCUT2D eigenvalue weighted by molar-refractivity contribution is -0.136. The van der Waals surface area contributed by atoms with Crippen molar-refractivity contribution in [3.05, 3.63) is 35.9 Å². The number of nitrogens with zero attached hydrogens (tertiary/aromatic N) is 1. The quantitative estimate of drug-likeness (QED) is 0.846. The first-order valence-corrected chi connectivity index (χ1v) is 7.96. The van der Waals surface area contributed by atoms with E-state index in [9.17, 15) is 9.90 Å². The first-order valence-electron chi connectivity index (χ1n) is 7.96. The fourth-order valence-electron chi connectivity index (χ4n) is 3.10. The van der Waals surface area contributed by atoms with Crippen molar-refractivity contribution < 1.29 is 9.90 Å². The van der Waals surface area contributed by atoms with Crippen LogP contribution in [0.3, 0.4) is 0 Å². The Morgan fingerprint density at radius 1 is 1.33 bits per heavy atom. The largest absolute Gasteiger partial charge is 0.379 e. The Balaban J connectivity index is 2.17. The van der Waals surface area contributed by atoms with E-state index >= 15 is 0 Å². The van der Waals surface area contributed by atoms with Gasteiger partial charge in [0.15, 0.2) is 0 Å². The number of aliphatic hydroxyl groups excluding tert-OH is 1. The Hall–Kier alpha value is -1.39. The number of aliphatic hydroxyl groups is 1. The van der Waals surface area contributed by atoms with E-state index in [2.05, 4.69) is 24.4 Å². The summed E-state index contributed by atoms with van der Waals surface area (Å²) in [6.45, 7) is 4.85. The van der Waals surface area contributed by atoms with E-state index in [-0.39, 0.29) is 18.0 Å². The summed E-state index contributed by atoms with van der Waals surface area (Å²) in [5.74, 6) is 0.108. The minimum absolute atomic E-state index is 0.108. The summed E-state index contributed by atoms with van der Waals surface area (Å²) in [6, 6.07) is 10.1. The highest BCUT2D eigenvalue weighted by molar-refractivity contribution is 5.82. The van der Waals surface area contributed by atoms with Crippen molar-refractivity contribution in [2.45, 2.75) is 57.8 Å². The van der Waals surface area contributed by atoms with Crippen molar-refractivity contribution in [3.63, 3.8) is 0 Å². The van der Waals surface area contributed by atoms with Crippen LogP contribution in [-0.4, -0.2) is 34.7 Å². The summed E-state index contributed by atoms with van der Waals surface area (Å²) in [6.07, 6.45) is 2.81. The second kappa shape index (κ2) is 7.57. The molecule has 1 heterocycles. The Morgan fingerprint density at radius 2 is 2.05 bits per heavy atom. The molecule has 4 heteroatoms. The van der Waals surface area contributed by atoms with Gasteiger partial charge in [-0.05, 0) is 31.7 Å². The SMILES string of the molecule is CCCC(c1ccccc1)N(CC)C(=O)[C@@H]1CCC(O)N1. The van der Waals surface area contributed by atoms with Gasteiger partial charge in [0.1, 0.15) is 6.23 Å². The van der Waals surface area contributed by atoms with Gasteiger partial charge in [0, 0.05) is 6.54 Å². The average Bonchev–Trinajstić information content (AvgIpc) is 2.94. The number of carbonyl (C=O) groups is 1. The number of hydrogen-bond acceptors (Lipinski definition) is 3. The molecule has 0 aliphatic carbocycles. The smallest absolute Gasteiger partial charge is 0.240 e. The second-order valence-corrected chi connectivity index (χ2v) is 5.65. The summed E-state index contributed by atoms with van der Waals surface area (Å²) >= 11 is 0. The summed E-state index contributed by atoms with van der Waals surface area (Å²) in [7, 11) is 0. The molecule has 116 valence electrons. The number of carbonyl (C=O) groups excluding carboxylic acids is 1. The summed E-state index contributed by atoms with van der Waals surface area (Å²) in [5, 5.41) is 12.6. The van der Waals surface area contributed by atoms with Crippen molar-refractivity contribution in [1.29, 1.82) is 0 Å². The van der Waals surface area contributed by atoms with Gasteiger partial charge in [0.2, 0.25) is 5.91 Å². The van der Waals surface area contributed by atoms with Gasteiger partial charge in [-0.25, -0.2) is 0 Å². The first kappa shape index (κ1) is 16.0. The fraction of sp³-hybridized carbons (Fsp3) is 0.588. The van der Waals surface area contributed by atoms with Crippen molar-refractivity contribution in [2.75, 3.05) is 6.54 Å². The van der Waals surface area contributed by atoms with Crippen LogP contribution in [0.4, 0.5) is 0 Å². The maximum Gasteiger partial charge on any atom is 0.240 e. The van der Waals surface area contributed by atoms with Gasteiger partial charge >= 0.3 is 0 Å². The molecule has 1 aliphatic heterocycles. The molecular formula is C17H26N2O2. The summed E-state index contributed by atoms with van der Waals surface area (Å²) in [4.78, 5) is 14.7. The third-order valence-corrected chi connectivity index (χ3v) is 4.17. The summed E-state index contributed by atoms with van der Waals surface area (Å²) < 4.78 is 0. The van der Waals surface area contributed by atoms with E-state index in [0.717, 1.165) is 12.8 Å². The van der Waals surface area contributed by atoms with Gasteiger partial charge in [0.25, 0.3) is 0 Å². The highest BCUT2D eigenvalue weighted by Gasteiger charge is 2.33. The number of likely N-dealkylation sites (N-methyl/N-ethyl adjacent to an activating group) is 1. The Kier molecular flexibility index (Phi) is 5.76. The molecule has 1 aliphatic rings. The monoisotopic (exact) mass is 290 g/mol. The van der Waals surface area contributed by atoms with Gasteiger partial charge in [-0.15, -0.1) is 0 Å². The Bertz CT molecular complexity index is 449. The molecule has 0 saturated carbocycles. The van der Waals surface area contributed by atoms with Crippen LogP contribution in [0.15, 0.2) is 30.3 Å². The first-order chi connectivity index (χ1) is 10.2. The second-order valence-electron chi connectivity index (χ2n) is 5.65. The third kappa shape index (κ3) is 3.83. The average molecular weight is 290 g/mol. The molecule has 1 amide bonds. The van der Waals surface area contributed by atoms with Crippen LogP contribution in [-0.2, 0) is 4.79 Å². The highest BCUT2D eigenvalue weighted by Crippen LogP contribution is 2.27. The molecule has 0 aromatic heterocycles. The predicted molar refractivity (Wildman–Crippen MR) is 83.6 cm³/mol. The van der Waals surface area contributed by atoms with Crippen molar-refractivity contribution in [2.24, 2.45) is 0 Å². The van der Waals surface area contributed by atoms with Gasteiger partial charge in [0.05, 0.1) is 12.1 Å². The zero-order valence-corrected chi connectivity index (χ0v) is 13.0. The molecule has 21 heavy (non-hydrogen) atoms. The van der Waals surface area contributed by atoms with Crippen LogP contribution in [0.5, 0.6) is 0 Å². The van der Waals surface area contributed by atoms with Crippen LogP contribution in [0.2, 0.25) is 0 Å². The van der Waals surface area contributed by atoms with Crippen LogP contribution in [0, 0.1) is 0 Å². The molecule has 3 atom stereocenters. The minimum atomic E-state index is -0.543. The molecule has 0 radical (unpaired) electrons. The number of amides is 1. The zero-order valence-electron chi connectivity index (χ0n) is 13.0. The molecular weight excluding hydrogens is 264 g/mol. The van der Waals surface area contributed by atoms with Gasteiger partial charge in [-0.3, -0.25) is 10.1 Å². The van der Waals surface area contributed by atoms with E-state index in [0.29, 0.717) is 19.4 Å². The minimum Gasteiger partial charge on any atom is -0.379 e. The van der Waals surface area contributed by atoms with Crippen LogP contribution >= 0.6 is 0 Å². The van der Waals surface area contributed by atoms with E-state index in [1.54, 1.807) is 0 Å². The molecule has 0 bridgehead atoms. The number of nitrogens with one attached hydrogen (secondary N) is 1. The molecule has 4 nitrogen and oxygen atoms in total. The van der Waals surface area contributed by atoms with Crippen LogP contribution < -0.4 is 5.32 Å². The van der Waals surface area contributed by atoms with Crippen molar-refractivity contribution in [3.8, 4) is 0 Å². The Labute approximate surface area is 127 Å². The molecule has 1 saturated heterocycles. The highest BCUT2D eigenvalue weighted by atomic mass is 16.3. The molecule has 1 fully saturated rings. The number of hydrogen-bond donors (Lipinski definition) is 2. The zero-order chi connectivity index (χ0) is 15.2. The molecule has 1 aromatic rings. The van der Waals surface area contributed by atoms with Gasteiger partial charge in [-0.2, -0.15) is 0 Å². The van der Waals surface area contributed by atoms with Gasteiger partial charge < -0.3 is 10.0 Å². The molecule has 2 unspecified atom stereocenters. The standard InChI is InChI=1S/C17H26N2O2/c1-3-8-15(13-9-6-5-7-10-13)19(4-2)17(21)14-11-12-16(20)18-14/h5-7,9-10,14-16,18,20H,3-4,8,11-12H2,1-2H3/t14-,15?,16?/m0/s1. The lowest BCUT2D eigenvalue weighted by Gasteiger charge is -2.33. The predicted octanol–water partition coefficient (Wildman–Crippen LogP) is 2.45. The molecule has 1 aromatic carbocycles. The number of benzene rings is 1. The van der Waals surface area contributed by atoms with E-state index in [1.165, 1.54) is 5.56 Å². The maximum absolute atomic E-state index is 12.8. The van der Waals surface area contributed by atoms with E-state index in [1.807, 2.05) is 30.0 Å². The third-order valence-electron chi connectivity index (χ3n) is 4.17. The molecule has 2 N–H and O–H groups in total. The lowest BCUT2D eigenvalue weighted by Crippen LogP contribution is -2.46. The lowest BCUT2D eigenvalue weighted by atomic mass is 9.99. The van der Waals surface area contributed by atoms with Crippen molar-refractivity contribution >= 4 is 5.91 Å². The van der Waals surface area contributed by atoms with E-state index < -0.39 is 6.23 Å². The maximum atomic E-state index is 12.8.